The molecular weight excluding hydrogens is 432 g/mol. The van der Waals surface area contributed by atoms with Gasteiger partial charge in [-0.1, -0.05) is 81.3 Å². The molecule has 186 valence electrons. The van der Waals surface area contributed by atoms with E-state index >= 15 is 0 Å². The highest BCUT2D eigenvalue weighted by molar-refractivity contribution is 5.91. The van der Waals surface area contributed by atoms with Gasteiger partial charge in [0, 0.05) is 17.0 Å². The van der Waals surface area contributed by atoms with E-state index < -0.39 is 0 Å². The van der Waals surface area contributed by atoms with E-state index in [1.165, 1.54) is 0 Å². The lowest BCUT2D eigenvalue weighted by molar-refractivity contribution is 0.0731. The Morgan fingerprint density at radius 1 is 0.886 bits per heavy atom. The third-order valence-corrected chi connectivity index (χ3v) is 6.48. The summed E-state index contributed by atoms with van der Waals surface area (Å²) < 4.78 is 6.08. The SMILES string of the molecule is Cc1cc(C)c(O)c(C(CC(C)CC(C)(C)C)c2cc(C)cc(C)c2OC(=O)c2ccccc2)c1. The van der Waals surface area contributed by atoms with Gasteiger partial charge in [0.15, 0.2) is 0 Å². The number of phenolic OH excluding ortho intramolecular Hbond substituents is 1. The number of hydrogen-bond acceptors (Lipinski definition) is 3. The Morgan fingerprint density at radius 3 is 2.06 bits per heavy atom. The van der Waals surface area contributed by atoms with Crippen molar-refractivity contribution in [2.75, 3.05) is 0 Å². The highest BCUT2D eigenvalue weighted by Gasteiger charge is 2.28. The molecule has 1 N–H and O–H groups in total. The van der Waals surface area contributed by atoms with Crippen LogP contribution >= 0.6 is 0 Å². The quantitative estimate of drug-likeness (QED) is 0.277. The Balaban J connectivity index is 2.16. The third kappa shape index (κ3) is 6.75. The van der Waals surface area contributed by atoms with Crippen LogP contribution in [0.5, 0.6) is 11.5 Å². The van der Waals surface area contributed by atoms with Crippen LogP contribution in [-0.4, -0.2) is 11.1 Å². The summed E-state index contributed by atoms with van der Waals surface area (Å²) >= 11 is 0. The van der Waals surface area contributed by atoms with Gasteiger partial charge < -0.3 is 9.84 Å². The van der Waals surface area contributed by atoms with E-state index in [1.807, 2.05) is 44.2 Å². The molecule has 0 heterocycles. The molecule has 0 aromatic heterocycles. The van der Waals surface area contributed by atoms with E-state index in [0.29, 0.717) is 23.0 Å². The van der Waals surface area contributed by atoms with Crippen molar-refractivity contribution in [1.29, 1.82) is 0 Å². The Hall–Kier alpha value is -3.07. The highest BCUT2D eigenvalue weighted by atomic mass is 16.5. The lowest BCUT2D eigenvalue weighted by Gasteiger charge is -2.29. The van der Waals surface area contributed by atoms with Crippen LogP contribution in [0.25, 0.3) is 0 Å². The second-order valence-electron chi connectivity index (χ2n) is 11.4. The van der Waals surface area contributed by atoms with Crippen molar-refractivity contribution < 1.29 is 14.6 Å². The first-order valence-electron chi connectivity index (χ1n) is 12.5. The molecule has 3 aromatic rings. The molecule has 0 aliphatic rings. The summed E-state index contributed by atoms with van der Waals surface area (Å²) in [5.41, 5.74) is 6.55. The molecule has 0 aliphatic carbocycles. The Bertz CT molecular complexity index is 1190. The molecule has 0 aliphatic heterocycles. The topological polar surface area (TPSA) is 46.5 Å². The number of carbonyl (C=O) groups excluding carboxylic acids is 1. The van der Waals surface area contributed by atoms with Crippen molar-refractivity contribution in [3.63, 3.8) is 0 Å². The fourth-order valence-electron chi connectivity index (χ4n) is 5.32. The first-order chi connectivity index (χ1) is 16.4. The maximum atomic E-state index is 13.1. The smallest absolute Gasteiger partial charge is 0.343 e. The van der Waals surface area contributed by atoms with Gasteiger partial charge >= 0.3 is 5.97 Å². The molecule has 0 amide bonds. The van der Waals surface area contributed by atoms with Crippen molar-refractivity contribution >= 4 is 5.97 Å². The molecule has 2 atom stereocenters. The van der Waals surface area contributed by atoms with Crippen LogP contribution in [0.4, 0.5) is 0 Å². The molecule has 0 spiro atoms. The maximum Gasteiger partial charge on any atom is 0.343 e. The van der Waals surface area contributed by atoms with Crippen LogP contribution in [0.1, 0.15) is 90.2 Å². The monoisotopic (exact) mass is 472 g/mol. The predicted octanol–water partition coefficient (Wildman–Crippen LogP) is 8.44. The maximum absolute atomic E-state index is 13.1. The molecule has 35 heavy (non-hydrogen) atoms. The number of carbonyl (C=O) groups is 1. The zero-order valence-corrected chi connectivity index (χ0v) is 22.5. The summed E-state index contributed by atoms with van der Waals surface area (Å²) in [6, 6.07) is 17.3. The number of aryl methyl sites for hydroxylation is 4. The van der Waals surface area contributed by atoms with Crippen molar-refractivity contribution in [1.82, 2.24) is 0 Å². The second-order valence-corrected chi connectivity index (χ2v) is 11.4. The average Bonchev–Trinajstić information content (AvgIpc) is 2.75. The molecule has 2 unspecified atom stereocenters. The third-order valence-electron chi connectivity index (χ3n) is 6.48. The average molecular weight is 473 g/mol. The van der Waals surface area contributed by atoms with E-state index in [1.54, 1.807) is 12.1 Å². The summed E-state index contributed by atoms with van der Waals surface area (Å²) in [5, 5.41) is 11.2. The van der Waals surface area contributed by atoms with Crippen LogP contribution in [0, 0.1) is 39.0 Å². The van der Waals surface area contributed by atoms with E-state index in [9.17, 15) is 9.90 Å². The fourth-order valence-corrected chi connectivity index (χ4v) is 5.32. The lowest BCUT2D eigenvalue weighted by atomic mass is 9.76. The van der Waals surface area contributed by atoms with Gasteiger partial charge in [-0.2, -0.15) is 0 Å². The highest BCUT2D eigenvalue weighted by Crippen LogP contribution is 2.44. The minimum absolute atomic E-state index is 0.108. The number of aromatic hydroxyl groups is 1. The van der Waals surface area contributed by atoms with Crippen molar-refractivity contribution in [2.45, 2.75) is 74.1 Å². The number of phenols is 1. The van der Waals surface area contributed by atoms with E-state index in [0.717, 1.165) is 46.2 Å². The Morgan fingerprint density at radius 2 is 1.46 bits per heavy atom. The van der Waals surface area contributed by atoms with Gasteiger partial charge in [-0.15, -0.1) is 0 Å². The largest absolute Gasteiger partial charge is 0.507 e. The summed E-state index contributed by atoms with van der Waals surface area (Å²) in [6.45, 7) is 17.1. The van der Waals surface area contributed by atoms with Crippen LogP contribution in [0.3, 0.4) is 0 Å². The first-order valence-corrected chi connectivity index (χ1v) is 12.5. The van der Waals surface area contributed by atoms with Gasteiger partial charge in [-0.05, 0) is 75.1 Å². The number of ether oxygens (including phenoxy) is 1. The number of rotatable bonds is 7. The summed E-state index contributed by atoms with van der Waals surface area (Å²) in [6.07, 6.45) is 1.89. The fraction of sp³-hybridized carbons (Fsp3) is 0.406. The van der Waals surface area contributed by atoms with Gasteiger partial charge in [0.2, 0.25) is 0 Å². The van der Waals surface area contributed by atoms with Crippen molar-refractivity contribution in [3.8, 4) is 11.5 Å². The number of benzene rings is 3. The molecule has 0 fully saturated rings. The zero-order valence-electron chi connectivity index (χ0n) is 22.5. The zero-order chi connectivity index (χ0) is 25.9. The van der Waals surface area contributed by atoms with Crippen LogP contribution < -0.4 is 4.74 Å². The van der Waals surface area contributed by atoms with Gasteiger partial charge in [0.1, 0.15) is 11.5 Å². The Labute approximate surface area is 211 Å². The summed E-state index contributed by atoms with van der Waals surface area (Å²) in [5.74, 6) is 0.839. The van der Waals surface area contributed by atoms with Crippen LogP contribution in [-0.2, 0) is 0 Å². The summed E-state index contributed by atoms with van der Waals surface area (Å²) in [7, 11) is 0. The van der Waals surface area contributed by atoms with Gasteiger partial charge in [0.05, 0.1) is 5.56 Å². The molecular formula is C32H40O3. The molecule has 0 bridgehead atoms. The van der Waals surface area contributed by atoms with E-state index in [2.05, 4.69) is 53.7 Å². The molecule has 3 nitrogen and oxygen atoms in total. The van der Waals surface area contributed by atoms with Crippen LogP contribution in [0.15, 0.2) is 54.6 Å². The second kappa shape index (κ2) is 10.7. The van der Waals surface area contributed by atoms with Gasteiger partial charge in [-0.25, -0.2) is 4.79 Å². The number of hydrogen-bond donors (Lipinski definition) is 1. The van der Waals surface area contributed by atoms with E-state index in [-0.39, 0.29) is 17.3 Å². The van der Waals surface area contributed by atoms with Gasteiger partial charge in [-0.3, -0.25) is 0 Å². The predicted molar refractivity (Wildman–Crippen MR) is 145 cm³/mol. The molecule has 0 saturated carbocycles. The normalized spacial score (nSPS) is 13.4. The first kappa shape index (κ1) is 26.5. The molecule has 3 heteroatoms. The number of esters is 1. The van der Waals surface area contributed by atoms with Crippen molar-refractivity contribution in [3.05, 3.63) is 93.5 Å². The van der Waals surface area contributed by atoms with E-state index in [4.69, 9.17) is 4.74 Å². The molecule has 3 rings (SSSR count). The molecule has 0 radical (unpaired) electrons. The minimum Gasteiger partial charge on any atom is -0.507 e. The standard InChI is InChI=1S/C32H40O3/c1-20-14-23(4)29(33)27(16-20)26(18-22(3)19-32(6,7)8)28-17-21(2)15-24(5)30(28)35-31(34)25-12-10-9-11-13-25/h9-17,22,26,33H,18-19H2,1-8H3. The minimum atomic E-state index is -0.370. The lowest BCUT2D eigenvalue weighted by Crippen LogP contribution is -2.17. The Kier molecular flexibility index (Phi) is 8.10. The molecule has 3 aromatic carbocycles. The van der Waals surface area contributed by atoms with Crippen molar-refractivity contribution in [2.24, 2.45) is 11.3 Å². The molecule has 0 saturated heterocycles. The van der Waals surface area contributed by atoms with Gasteiger partial charge in [0.25, 0.3) is 0 Å². The summed E-state index contributed by atoms with van der Waals surface area (Å²) in [4.78, 5) is 13.1. The van der Waals surface area contributed by atoms with Crippen LogP contribution in [0.2, 0.25) is 0 Å².